The van der Waals surface area contributed by atoms with Crippen molar-refractivity contribution >= 4 is 45.1 Å². The van der Waals surface area contributed by atoms with Crippen LogP contribution in [0.3, 0.4) is 0 Å². The minimum Gasteiger partial charge on any atom is -0.483 e. The minimum atomic E-state index is -0.719. The molecule has 0 saturated carbocycles. The summed E-state index contributed by atoms with van der Waals surface area (Å²) in [5.41, 5.74) is 1.43. The molecule has 0 spiro atoms. The average Bonchev–Trinajstić information content (AvgIpc) is 2.82. The monoisotopic (exact) mass is 496 g/mol. The van der Waals surface area contributed by atoms with Crippen molar-refractivity contribution in [1.29, 1.82) is 0 Å². The summed E-state index contributed by atoms with van der Waals surface area (Å²) in [6.45, 7) is -0.724. The zero-order valence-electron chi connectivity index (χ0n) is 17.3. The largest absolute Gasteiger partial charge is 0.483 e. The van der Waals surface area contributed by atoms with Gasteiger partial charge >= 0.3 is 5.97 Å². The number of nitrogens with one attached hydrogen (secondary N) is 1. The van der Waals surface area contributed by atoms with Gasteiger partial charge in [0.1, 0.15) is 11.3 Å². The van der Waals surface area contributed by atoms with Gasteiger partial charge in [-0.05, 0) is 48.5 Å². The van der Waals surface area contributed by atoms with Crippen LogP contribution < -0.4 is 15.0 Å². The average molecular weight is 497 g/mol. The van der Waals surface area contributed by atoms with E-state index in [1.807, 2.05) is 18.2 Å². The first-order chi connectivity index (χ1) is 15.4. The predicted molar refractivity (Wildman–Crippen MR) is 125 cm³/mol. The summed E-state index contributed by atoms with van der Waals surface area (Å²) in [7, 11) is 1.60. The maximum absolute atomic E-state index is 12.5. The Morgan fingerprint density at radius 1 is 0.875 bits per heavy atom. The summed E-state index contributed by atoms with van der Waals surface area (Å²) in [6.07, 6.45) is 0. The van der Waals surface area contributed by atoms with Crippen LogP contribution in [0.15, 0.2) is 83.3 Å². The molecule has 0 aliphatic heterocycles. The first-order valence-electron chi connectivity index (χ1n) is 9.70. The van der Waals surface area contributed by atoms with Gasteiger partial charge in [-0.3, -0.25) is 9.59 Å². The Balaban J connectivity index is 1.55. The zero-order valence-corrected chi connectivity index (χ0v) is 18.9. The Bertz CT molecular complexity index is 1090. The lowest BCUT2D eigenvalue weighted by molar-refractivity contribution is -0.121. The van der Waals surface area contributed by atoms with E-state index in [0.717, 1.165) is 4.47 Å². The second-order valence-corrected chi connectivity index (χ2v) is 7.62. The summed E-state index contributed by atoms with van der Waals surface area (Å²) in [6, 6.07) is 22.5. The first-order valence-corrected chi connectivity index (χ1v) is 10.5. The standard InChI is InChI=1S/C24H21BrN2O5/c1-27(19-7-3-2-4-8-19)23(29)16-32-24(30)20-9-5-6-10-21(20)31-15-22(28)26-18-13-11-17(25)12-14-18/h2-14H,15-16H2,1H3,(H,26,28). The summed E-state index contributed by atoms with van der Waals surface area (Å²) < 4.78 is 11.6. The molecule has 0 unspecified atom stereocenters. The van der Waals surface area contributed by atoms with Gasteiger partial charge in [0.05, 0.1) is 0 Å². The number of esters is 1. The van der Waals surface area contributed by atoms with Crippen LogP contribution in [0.1, 0.15) is 10.4 Å². The van der Waals surface area contributed by atoms with Gasteiger partial charge in [-0.15, -0.1) is 0 Å². The third-order valence-electron chi connectivity index (χ3n) is 4.44. The Hall–Kier alpha value is -3.65. The van der Waals surface area contributed by atoms with E-state index >= 15 is 0 Å². The van der Waals surface area contributed by atoms with Crippen molar-refractivity contribution in [2.24, 2.45) is 0 Å². The number of hydrogen-bond donors (Lipinski definition) is 1. The Morgan fingerprint density at radius 3 is 2.25 bits per heavy atom. The molecule has 3 rings (SSSR count). The van der Waals surface area contributed by atoms with E-state index in [9.17, 15) is 14.4 Å². The van der Waals surface area contributed by atoms with Gasteiger partial charge in [-0.2, -0.15) is 0 Å². The van der Waals surface area contributed by atoms with Crippen molar-refractivity contribution < 1.29 is 23.9 Å². The molecule has 0 atom stereocenters. The number of halogens is 1. The van der Waals surface area contributed by atoms with Crippen molar-refractivity contribution in [3.63, 3.8) is 0 Å². The maximum Gasteiger partial charge on any atom is 0.342 e. The number of para-hydroxylation sites is 2. The lowest BCUT2D eigenvalue weighted by Gasteiger charge is -2.17. The number of benzene rings is 3. The highest BCUT2D eigenvalue weighted by atomic mass is 79.9. The molecule has 1 N–H and O–H groups in total. The summed E-state index contributed by atoms with van der Waals surface area (Å²) in [5, 5.41) is 2.71. The molecule has 0 aliphatic rings. The zero-order chi connectivity index (χ0) is 22.9. The lowest BCUT2D eigenvalue weighted by atomic mass is 10.2. The smallest absolute Gasteiger partial charge is 0.342 e. The molecule has 3 aromatic rings. The molecule has 0 saturated heterocycles. The highest BCUT2D eigenvalue weighted by Gasteiger charge is 2.18. The van der Waals surface area contributed by atoms with Crippen LogP contribution in [0.5, 0.6) is 5.75 Å². The van der Waals surface area contributed by atoms with Crippen LogP contribution in [0, 0.1) is 0 Å². The number of amides is 2. The number of anilines is 2. The lowest BCUT2D eigenvalue weighted by Crippen LogP contribution is -2.31. The number of carbonyl (C=O) groups is 3. The second-order valence-electron chi connectivity index (χ2n) is 6.70. The number of nitrogens with zero attached hydrogens (tertiary/aromatic N) is 1. The number of hydrogen-bond acceptors (Lipinski definition) is 5. The molecule has 0 fully saturated rings. The SMILES string of the molecule is CN(C(=O)COC(=O)c1ccccc1OCC(=O)Nc1ccc(Br)cc1)c1ccccc1. The third kappa shape index (κ3) is 6.42. The van der Waals surface area contributed by atoms with Crippen molar-refractivity contribution in [2.45, 2.75) is 0 Å². The minimum absolute atomic E-state index is 0.124. The van der Waals surface area contributed by atoms with Crippen LogP contribution in [0.25, 0.3) is 0 Å². The van der Waals surface area contributed by atoms with Gasteiger partial charge in [-0.25, -0.2) is 4.79 Å². The van der Waals surface area contributed by atoms with Crippen LogP contribution in [-0.2, 0) is 14.3 Å². The second kappa shape index (κ2) is 11.1. The van der Waals surface area contributed by atoms with Gasteiger partial charge < -0.3 is 19.7 Å². The van der Waals surface area contributed by atoms with Crippen LogP contribution in [0.4, 0.5) is 11.4 Å². The van der Waals surface area contributed by atoms with Crippen LogP contribution in [-0.4, -0.2) is 38.0 Å². The number of rotatable bonds is 8. The normalized spacial score (nSPS) is 10.2. The fourth-order valence-electron chi connectivity index (χ4n) is 2.73. The van der Waals surface area contributed by atoms with Crippen molar-refractivity contribution in [1.82, 2.24) is 0 Å². The van der Waals surface area contributed by atoms with Gasteiger partial charge in [-0.1, -0.05) is 46.3 Å². The van der Waals surface area contributed by atoms with Gasteiger partial charge in [0.25, 0.3) is 11.8 Å². The van der Waals surface area contributed by atoms with E-state index in [0.29, 0.717) is 11.4 Å². The molecule has 32 heavy (non-hydrogen) atoms. The summed E-state index contributed by atoms with van der Waals surface area (Å²) in [4.78, 5) is 38.4. The summed E-state index contributed by atoms with van der Waals surface area (Å²) in [5.74, 6) is -1.29. The Kier molecular flexibility index (Phi) is 7.99. The third-order valence-corrected chi connectivity index (χ3v) is 4.97. The molecular weight excluding hydrogens is 476 g/mol. The Labute approximate surface area is 194 Å². The fourth-order valence-corrected chi connectivity index (χ4v) is 3.00. The molecule has 0 bridgehead atoms. The van der Waals surface area contributed by atoms with Crippen molar-refractivity contribution in [3.05, 3.63) is 88.9 Å². The van der Waals surface area contributed by atoms with Gasteiger partial charge in [0, 0.05) is 22.9 Å². The first kappa shape index (κ1) is 23.0. The molecule has 0 radical (unpaired) electrons. The molecule has 3 aromatic carbocycles. The number of likely N-dealkylation sites (N-methyl/N-ethyl adjacent to an activating group) is 1. The quantitative estimate of drug-likeness (QED) is 0.470. The van der Waals surface area contributed by atoms with E-state index in [1.165, 1.54) is 11.0 Å². The highest BCUT2D eigenvalue weighted by Crippen LogP contribution is 2.20. The molecule has 0 aliphatic carbocycles. The van der Waals surface area contributed by atoms with Gasteiger partial charge in [0.2, 0.25) is 0 Å². The van der Waals surface area contributed by atoms with Crippen LogP contribution >= 0.6 is 15.9 Å². The van der Waals surface area contributed by atoms with E-state index in [-0.39, 0.29) is 29.7 Å². The Morgan fingerprint density at radius 2 is 1.53 bits per heavy atom. The topological polar surface area (TPSA) is 84.9 Å². The van der Waals surface area contributed by atoms with E-state index in [4.69, 9.17) is 9.47 Å². The number of carbonyl (C=O) groups excluding carboxylic acids is 3. The van der Waals surface area contributed by atoms with Gasteiger partial charge in [0.15, 0.2) is 13.2 Å². The van der Waals surface area contributed by atoms with Crippen molar-refractivity contribution in [3.8, 4) is 5.75 Å². The highest BCUT2D eigenvalue weighted by molar-refractivity contribution is 9.10. The molecular formula is C24H21BrN2O5. The molecule has 7 nitrogen and oxygen atoms in total. The molecule has 2 amide bonds. The molecule has 8 heteroatoms. The van der Waals surface area contributed by atoms with Crippen molar-refractivity contribution in [2.75, 3.05) is 30.5 Å². The predicted octanol–water partition coefficient (Wildman–Crippen LogP) is 4.29. The number of ether oxygens (including phenoxy) is 2. The molecule has 0 heterocycles. The van der Waals surface area contributed by atoms with E-state index in [2.05, 4.69) is 21.2 Å². The maximum atomic E-state index is 12.5. The van der Waals surface area contributed by atoms with E-state index in [1.54, 1.807) is 61.6 Å². The van der Waals surface area contributed by atoms with E-state index < -0.39 is 12.6 Å². The molecule has 164 valence electrons. The summed E-state index contributed by atoms with van der Waals surface area (Å²) >= 11 is 3.33. The van der Waals surface area contributed by atoms with Crippen LogP contribution in [0.2, 0.25) is 0 Å². The fraction of sp³-hybridized carbons (Fsp3) is 0.125. The molecule has 0 aromatic heterocycles.